The van der Waals surface area contributed by atoms with E-state index in [1.807, 2.05) is 31.1 Å². The van der Waals surface area contributed by atoms with Crippen LogP contribution in [0.4, 0.5) is 22.7 Å². The highest BCUT2D eigenvalue weighted by atomic mass is 32.3. The molecule has 4 aromatic rings. The molecule has 0 aliphatic rings. The van der Waals surface area contributed by atoms with E-state index in [2.05, 4.69) is 10.2 Å². The number of carboxylic acid groups (broad SMARTS) is 1. The quantitative estimate of drug-likeness (QED) is 0.192. The van der Waals surface area contributed by atoms with Gasteiger partial charge in [-0.1, -0.05) is 28.0 Å². The summed E-state index contributed by atoms with van der Waals surface area (Å²) in [5.74, 6) is -1.94. The van der Waals surface area contributed by atoms with Crippen molar-refractivity contribution in [1.82, 2.24) is 3.71 Å². The Morgan fingerprint density at radius 1 is 0.761 bits per heavy atom. The average Bonchev–Trinajstić information content (AvgIpc) is 3.01. The Bertz CT molecular complexity index is 2000. The molecule has 0 aliphatic carbocycles. The van der Waals surface area contributed by atoms with Gasteiger partial charge in [0.05, 0.1) is 21.2 Å². The standard InChI is InChI=1S/C31H35N5O7S3/c1-34(2)24-16-12-22(13-17-24)32-33-23-14-18-25(19-15-23)45(40,41)36(29(31(37)38)20-21-44(5)39)46(42,43)30-11-7-8-26-27(30)9-6-10-28(26)35(3)4/h6-19,29H,20-21H2,1-5H3,(H,37,38)/t29-,44?/m0/s1. The Balaban J connectivity index is 1.81. The molecular formula is C31H35N5O7S3. The molecule has 1 unspecified atom stereocenters. The Labute approximate surface area is 271 Å². The maximum atomic E-state index is 14.4. The number of nitrogens with zero attached hydrogens (tertiary/aromatic N) is 5. The molecule has 12 nitrogen and oxygen atoms in total. The highest BCUT2D eigenvalue weighted by Gasteiger charge is 2.46. The number of aliphatic carboxylic acids is 1. The fourth-order valence-corrected chi connectivity index (χ4v) is 9.50. The zero-order valence-electron chi connectivity index (χ0n) is 25.9. The van der Waals surface area contributed by atoms with Crippen molar-refractivity contribution >= 4 is 70.3 Å². The van der Waals surface area contributed by atoms with Crippen molar-refractivity contribution in [3.63, 3.8) is 0 Å². The van der Waals surface area contributed by atoms with Crippen LogP contribution in [0.5, 0.6) is 0 Å². The number of sulfonamides is 2. The average molecular weight is 686 g/mol. The second kappa shape index (κ2) is 14.1. The van der Waals surface area contributed by atoms with Gasteiger partial charge >= 0.3 is 5.97 Å². The van der Waals surface area contributed by atoms with Gasteiger partial charge in [-0.2, -0.15) is 10.2 Å². The molecule has 244 valence electrons. The smallest absolute Gasteiger partial charge is 0.323 e. The molecule has 0 spiro atoms. The van der Waals surface area contributed by atoms with Gasteiger partial charge < -0.3 is 14.9 Å². The number of anilines is 2. The SMILES string of the molecule is CN(C)c1ccc(N=Nc2ccc(S(=O)(=O)N([C@@H](CCS(C)=O)C(=O)O)S(=O)(=O)c3cccc4c(N(C)C)cccc34)cc2)cc1. The van der Waals surface area contributed by atoms with Crippen LogP contribution in [0.25, 0.3) is 10.8 Å². The van der Waals surface area contributed by atoms with Gasteiger partial charge in [-0.15, -0.1) is 0 Å². The van der Waals surface area contributed by atoms with Crippen LogP contribution < -0.4 is 9.80 Å². The summed E-state index contributed by atoms with van der Waals surface area (Å²) >= 11 is 0. The number of azo groups is 1. The van der Waals surface area contributed by atoms with E-state index in [9.17, 15) is 30.9 Å². The number of carbonyl (C=O) groups is 1. The predicted molar refractivity (Wildman–Crippen MR) is 181 cm³/mol. The Morgan fingerprint density at radius 2 is 1.30 bits per heavy atom. The summed E-state index contributed by atoms with van der Waals surface area (Å²) in [6, 6.07) is 19.5. The molecule has 4 aromatic carbocycles. The van der Waals surface area contributed by atoms with Crippen LogP contribution in [0, 0.1) is 0 Å². The molecule has 1 N–H and O–H groups in total. The van der Waals surface area contributed by atoms with Gasteiger partial charge in [-0.3, -0.25) is 9.00 Å². The third-order valence-electron chi connectivity index (χ3n) is 7.09. The molecule has 0 aromatic heterocycles. The van der Waals surface area contributed by atoms with Gasteiger partial charge in [0.1, 0.15) is 6.04 Å². The summed E-state index contributed by atoms with van der Waals surface area (Å²) < 4.78 is 69.1. The lowest BCUT2D eigenvalue weighted by Gasteiger charge is -2.28. The van der Waals surface area contributed by atoms with Crippen molar-refractivity contribution in [2.24, 2.45) is 10.2 Å². The van der Waals surface area contributed by atoms with Crippen LogP contribution in [0.1, 0.15) is 6.42 Å². The van der Waals surface area contributed by atoms with Crippen LogP contribution in [0.15, 0.2) is 105 Å². The van der Waals surface area contributed by atoms with E-state index in [1.54, 1.807) is 49.3 Å². The zero-order valence-corrected chi connectivity index (χ0v) is 28.4. The Kier molecular flexibility index (Phi) is 10.6. The van der Waals surface area contributed by atoms with E-state index in [0.29, 0.717) is 16.8 Å². The van der Waals surface area contributed by atoms with Crippen molar-refractivity contribution < 1.29 is 30.9 Å². The number of carboxylic acids is 1. The normalized spacial score (nSPS) is 13.6. The van der Waals surface area contributed by atoms with Crippen molar-refractivity contribution in [3.05, 3.63) is 84.9 Å². The number of fused-ring (bicyclic) bond motifs is 1. The molecule has 2 atom stereocenters. The topological polar surface area (TPSA) is 157 Å². The predicted octanol–water partition coefficient (Wildman–Crippen LogP) is 4.99. The molecule has 0 saturated carbocycles. The number of hydrogen-bond acceptors (Lipinski definition) is 10. The molecule has 0 aliphatic heterocycles. The number of benzene rings is 4. The fourth-order valence-electron chi connectivity index (χ4n) is 4.76. The van der Waals surface area contributed by atoms with Gasteiger partial charge in [-0.05, 0) is 67.1 Å². The van der Waals surface area contributed by atoms with Crippen molar-refractivity contribution in [2.45, 2.75) is 22.3 Å². The zero-order chi connectivity index (χ0) is 33.8. The maximum absolute atomic E-state index is 14.4. The molecule has 0 amide bonds. The largest absolute Gasteiger partial charge is 0.480 e. The molecule has 0 radical (unpaired) electrons. The third kappa shape index (κ3) is 7.44. The van der Waals surface area contributed by atoms with Gasteiger partial charge in [0, 0.05) is 73.1 Å². The van der Waals surface area contributed by atoms with Crippen LogP contribution >= 0.6 is 0 Å². The minimum atomic E-state index is -5.03. The second-order valence-corrected chi connectivity index (χ2v) is 16.2. The van der Waals surface area contributed by atoms with Gasteiger partial charge in [-0.25, -0.2) is 16.8 Å². The lowest BCUT2D eigenvalue weighted by atomic mass is 10.1. The second-order valence-electron chi connectivity index (χ2n) is 10.8. The highest BCUT2D eigenvalue weighted by Crippen LogP contribution is 2.35. The van der Waals surface area contributed by atoms with Crippen LogP contribution in [-0.2, 0) is 35.6 Å². The summed E-state index contributed by atoms with van der Waals surface area (Å²) in [4.78, 5) is 15.4. The molecule has 46 heavy (non-hydrogen) atoms. The maximum Gasteiger partial charge on any atom is 0.323 e. The van der Waals surface area contributed by atoms with E-state index in [-0.39, 0.29) is 25.4 Å². The summed E-state index contributed by atoms with van der Waals surface area (Å²) in [6.07, 6.45) is 0.813. The molecule has 0 saturated heterocycles. The van der Waals surface area contributed by atoms with Gasteiger partial charge in [0.15, 0.2) is 0 Å². The van der Waals surface area contributed by atoms with E-state index < -0.39 is 54.2 Å². The molecule has 4 rings (SSSR count). The van der Waals surface area contributed by atoms with E-state index in [0.717, 1.165) is 17.8 Å². The van der Waals surface area contributed by atoms with Crippen molar-refractivity contribution in [1.29, 1.82) is 0 Å². The van der Waals surface area contributed by atoms with Crippen LogP contribution in [-0.4, -0.2) is 82.1 Å². The van der Waals surface area contributed by atoms with Crippen LogP contribution in [0.3, 0.4) is 0 Å². The first kappa shape index (κ1) is 34.7. The molecular weight excluding hydrogens is 651 g/mol. The molecule has 0 fully saturated rings. The number of hydrogen-bond donors (Lipinski definition) is 1. The van der Waals surface area contributed by atoms with Crippen molar-refractivity contribution in [2.75, 3.05) is 50.0 Å². The molecule has 0 heterocycles. The van der Waals surface area contributed by atoms with E-state index in [1.165, 1.54) is 36.6 Å². The van der Waals surface area contributed by atoms with Crippen molar-refractivity contribution in [3.8, 4) is 0 Å². The molecule has 15 heteroatoms. The molecule has 0 bridgehead atoms. The Morgan fingerprint density at radius 3 is 1.83 bits per heavy atom. The first-order valence-electron chi connectivity index (χ1n) is 14.0. The lowest BCUT2D eigenvalue weighted by Crippen LogP contribution is -2.49. The fraction of sp³-hybridized carbons (Fsp3) is 0.258. The first-order chi connectivity index (χ1) is 21.6. The van der Waals surface area contributed by atoms with Crippen LogP contribution in [0.2, 0.25) is 0 Å². The summed E-state index contributed by atoms with van der Waals surface area (Å²) in [6.45, 7) is 0. The summed E-state index contributed by atoms with van der Waals surface area (Å²) in [5, 5.41) is 19.2. The van der Waals surface area contributed by atoms with E-state index >= 15 is 0 Å². The minimum absolute atomic E-state index is 0.0368. The summed E-state index contributed by atoms with van der Waals surface area (Å²) in [5.41, 5.74) is 2.49. The lowest BCUT2D eigenvalue weighted by molar-refractivity contribution is -0.140. The number of rotatable bonds is 13. The minimum Gasteiger partial charge on any atom is -0.480 e. The Hall–Kier alpha value is -4.18. The monoisotopic (exact) mass is 685 g/mol. The van der Waals surface area contributed by atoms with Gasteiger partial charge in [0.2, 0.25) is 0 Å². The first-order valence-corrected chi connectivity index (χ1v) is 18.6. The third-order valence-corrected chi connectivity index (χ3v) is 12.3. The summed E-state index contributed by atoms with van der Waals surface area (Å²) in [7, 11) is -4.20. The van der Waals surface area contributed by atoms with Gasteiger partial charge in [0.25, 0.3) is 20.0 Å². The van der Waals surface area contributed by atoms with E-state index in [4.69, 9.17) is 0 Å². The highest BCUT2D eigenvalue weighted by molar-refractivity contribution is 8.04.